The summed E-state index contributed by atoms with van der Waals surface area (Å²) in [6.07, 6.45) is 2.78. The maximum Gasteiger partial charge on any atom is 0.335 e. The van der Waals surface area contributed by atoms with Crippen LogP contribution in [-0.2, 0) is 13.0 Å². The Kier molecular flexibility index (Phi) is 7.63. The van der Waals surface area contributed by atoms with E-state index in [1.807, 2.05) is 54.6 Å². The fourth-order valence-electron chi connectivity index (χ4n) is 5.03. The van der Waals surface area contributed by atoms with Crippen molar-refractivity contribution < 1.29 is 9.90 Å². The number of aryl methyl sites for hydroxylation is 1. The van der Waals surface area contributed by atoms with Gasteiger partial charge in [0.05, 0.1) is 23.3 Å². The van der Waals surface area contributed by atoms with Gasteiger partial charge in [0.1, 0.15) is 11.3 Å². The third-order valence-electron chi connectivity index (χ3n) is 7.17. The van der Waals surface area contributed by atoms with Crippen LogP contribution in [0.1, 0.15) is 41.5 Å². The number of para-hydroxylation sites is 1. The summed E-state index contributed by atoms with van der Waals surface area (Å²) in [4.78, 5) is 21.9. The lowest BCUT2D eigenvalue weighted by Crippen LogP contribution is -2.27. The lowest BCUT2D eigenvalue weighted by atomic mass is 9.98. The van der Waals surface area contributed by atoms with Crippen molar-refractivity contribution in [2.75, 3.05) is 0 Å². The quantitative estimate of drug-likeness (QED) is 0.219. The Labute approximate surface area is 242 Å². The molecule has 0 saturated carbocycles. The second-order valence-electron chi connectivity index (χ2n) is 10.0. The van der Waals surface area contributed by atoms with Crippen LogP contribution in [0, 0.1) is 0 Å². The van der Waals surface area contributed by atoms with Crippen LogP contribution >= 0.6 is 0 Å². The van der Waals surface area contributed by atoms with Crippen molar-refractivity contribution >= 4 is 22.6 Å². The fourth-order valence-corrected chi connectivity index (χ4v) is 5.03. The molecule has 9 heteroatoms. The van der Waals surface area contributed by atoms with E-state index in [9.17, 15) is 9.90 Å². The van der Waals surface area contributed by atoms with Gasteiger partial charge in [-0.05, 0) is 58.7 Å². The van der Waals surface area contributed by atoms with Crippen LogP contribution in [0.15, 0.2) is 102 Å². The Morgan fingerprint density at radius 3 is 2.40 bits per heavy atom. The number of rotatable bonds is 9. The van der Waals surface area contributed by atoms with Crippen molar-refractivity contribution in [3.05, 3.63) is 120 Å². The number of hydrogen-bond acceptors (Lipinski definition) is 6. The van der Waals surface area contributed by atoms with Crippen LogP contribution in [-0.4, -0.2) is 41.3 Å². The molecular weight excluding hydrogens is 526 g/mol. The Morgan fingerprint density at radius 1 is 0.929 bits per heavy atom. The number of aromatic nitrogens is 6. The van der Waals surface area contributed by atoms with E-state index in [0.717, 1.165) is 58.5 Å². The van der Waals surface area contributed by atoms with Crippen LogP contribution in [0.25, 0.3) is 33.4 Å². The molecule has 4 aromatic carbocycles. The molecule has 2 aromatic heterocycles. The van der Waals surface area contributed by atoms with Crippen LogP contribution in [0.5, 0.6) is 0 Å². The van der Waals surface area contributed by atoms with E-state index in [4.69, 9.17) is 9.98 Å². The highest BCUT2D eigenvalue weighted by molar-refractivity contribution is 5.93. The summed E-state index contributed by atoms with van der Waals surface area (Å²) in [6, 6.07) is 31.1. The third kappa shape index (κ3) is 5.57. The molecule has 2 N–H and O–H groups in total. The van der Waals surface area contributed by atoms with Crippen molar-refractivity contribution in [2.24, 2.45) is 4.99 Å². The predicted octanol–water partition coefficient (Wildman–Crippen LogP) is 6.20. The Hall–Kier alpha value is -5.44. The molecule has 0 aliphatic carbocycles. The highest BCUT2D eigenvalue weighted by Crippen LogP contribution is 2.30. The first-order chi connectivity index (χ1) is 20.6. The standard InChI is InChI=1S/C33H29N7O2/c1-2-3-13-30-35-29-19-18-24(33(41)42)20-28(29)32(34-25-9-5-4-6-10-25)40(30)21-22-14-16-23(17-15-22)26-11-7-8-12-27(26)31-36-38-39-37-31/h4-12,14-20H,2-3,13,21H2,1H3,(H,41,42)(H,36,37,38,39). The van der Waals surface area contributed by atoms with Crippen molar-refractivity contribution in [2.45, 2.75) is 32.7 Å². The highest BCUT2D eigenvalue weighted by Gasteiger charge is 2.15. The van der Waals surface area contributed by atoms with Gasteiger partial charge in [0, 0.05) is 17.4 Å². The van der Waals surface area contributed by atoms with Gasteiger partial charge >= 0.3 is 5.97 Å². The Morgan fingerprint density at radius 2 is 1.69 bits per heavy atom. The van der Waals surface area contributed by atoms with Gasteiger partial charge in [0.15, 0.2) is 0 Å². The molecule has 0 fully saturated rings. The number of fused-ring (bicyclic) bond motifs is 1. The number of tetrazole rings is 1. The van der Waals surface area contributed by atoms with Crippen molar-refractivity contribution in [3.8, 4) is 22.5 Å². The minimum Gasteiger partial charge on any atom is -0.478 e. The summed E-state index contributed by atoms with van der Waals surface area (Å²) in [5.41, 5.74) is 6.41. The van der Waals surface area contributed by atoms with Gasteiger partial charge in [-0.2, -0.15) is 5.21 Å². The van der Waals surface area contributed by atoms with Gasteiger partial charge in [0.2, 0.25) is 5.82 Å². The average Bonchev–Trinajstić information content (AvgIpc) is 3.57. The normalized spacial score (nSPS) is 11.7. The van der Waals surface area contributed by atoms with Crippen molar-refractivity contribution in [1.29, 1.82) is 0 Å². The predicted molar refractivity (Wildman–Crippen MR) is 161 cm³/mol. The van der Waals surface area contributed by atoms with E-state index in [1.54, 1.807) is 18.2 Å². The van der Waals surface area contributed by atoms with Gasteiger partial charge in [-0.1, -0.05) is 80.1 Å². The number of H-pyrrole nitrogens is 1. The molecule has 9 nitrogen and oxygen atoms in total. The molecule has 0 aliphatic heterocycles. The van der Waals surface area contributed by atoms with Crippen molar-refractivity contribution in [1.82, 2.24) is 30.2 Å². The largest absolute Gasteiger partial charge is 0.478 e. The second-order valence-corrected chi connectivity index (χ2v) is 10.0. The van der Waals surface area contributed by atoms with Crippen LogP contribution < -0.4 is 5.49 Å². The highest BCUT2D eigenvalue weighted by atomic mass is 16.4. The van der Waals surface area contributed by atoms with Gasteiger partial charge in [-0.25, -0.2) is 14.8 Å². The number of carbonyl (C=O) groups is 1. The molecule has 208 valence electrons. The number of benzene rings is 4. The van der Waals surface area contributed by atoms with E-state index >= 15 is 0 Å². The molecule has 0 bridgehead atoms. The number of hydrogen-bond donors (Lipinski definition) is 2. The summed E-state index contributed by atoms with van der Waals surface area (Å²) in [6.45, 7) is 2.68. The molecular formula is C33H29N7O2. The second kappa shape index (κ2) is 12.0. The monoisotopic (exact) mass is 555 g/mol. The number of nitrogens with one attached hydrogen (secondary N) is 1. The number of carboxylic acid groups (broad SMARTS) is 1. The zero-order valence-electron chi connectivity index (χ0n) is 23.1. The average molecular weight is 556 g/mol. The molecule has 0 unspecified atom stereocenters. The number of nitrogens with zero attached hydrogens (tertiary/aromatic N) is 6. The summed E-state index contributed by atoms with van der Waals surface area (Å²) < 4.78 is 2.12. The summed E-state index contributed by atoms with van der Waals surface area (Å²) in [5.74, 6) is 0.468. The maximum atomic E-state index is 11.9. The van der Waals surface area contributed by atoms with Crippen LogP contribution in [0.4, 0.5) is 5.69 Å². The van der Waals surface area contributed by atoms with Crippen molar-refractivity contribution in [3.63, 3.8) is 0 Å². The van der Waals surface area contributed by atoms with E-state index < -0.39 is 5.97 Å². The number of aromatic carboxylic acids is 1. The SMILES string of the molecule is CCCCc1nc2ccc(C(=O)O)cc2c(=Nc2ccccc2)n1Cc1ccc(-c2ccccc2-c2nn[nH]n2)cc1. The molecule has 0 spiro atoms. The molecule has 0 aliphatic rings. The van der Waals surface area contributed by atoms with E-state index in [1.165, 1.54) is 0 Å². The minimum absolute atomic E-state index is 0.200. The maximum absolute atomic E-state index is 11.9. The molecule has 0 amide bonds. The van der Waals surface area contributed by atoms with Gasteiger partial charge in [-0.3, -0.25) is 0 Å². The number of aromatic amines is 1. The Balaban J connectivity index is 1.48. The minimum atomic E-state index is -0.985. The lowest BCUT2D eigenvalue weighted by molar-refractivity contribution is 0.0697. The van der Waals surface area contributed by atoms with Gasteiger partial charge in [-0.15, -0.1) is 10.2 Å². The molecule has 0 saturated heterocycles. The van der Waals surface area contributed by atoms with Crippen LogP contribution in [0.2, 0.25) is 0 Å². The smallest absolute Gasteiger partial charge is 0.335 e. The van der Waals surface area contributed by atoms with E-state index in [-0.39, 0.29) is 5.56 Å². The molecule has 2 heterocycles. The summed E-state index contributed by atoms with van der Waals surface area (Å²) in [7, 11) is 0. The zero-order valence-corrected chi connectivity index (χ0v) is 23.1. The zero-order chi connectivity index (χ0) is 28.9. The van der Waals surface area contributed by atoms with E-state index in [2.05, 4.69) is 56.4 Å². The molecule has 6 aromatic rings. The first-order valence-corrected chi connectivity index (χ1v) is 13.9. The first kappa shape index (κ1) is 26.8. The van der Waals surface area contributed by atoms with Gasteiger partial charge < -0.3 is 9.67 Å². The molecule has 0 radical (unpaired) electrons. The van der Waals surface area contributed by atoms with E-state index in [0.29, 0.717) is 23.2 Å². The fraction of sp³-hybridized carbons (Fsp3) is 0.152. The van der Waals surface area contributed by atoms with Crippen LogP contribution in [0.3, 0.4) is 0 Å². The Bertz CT molecular complexity index is 1910. The molecule has 42 heavy (non-hydrogen) atoms. The molecule has 6 rings (SSSR count). The number of unbranched alkanes of at least 4 members (excludes halogenated alkanes) is 1. The summed E-state index contributed by atoms with van der Waals surface area (Å²) >= 11 is 0. The summed E-state index contributed by atoms with van der Waals surface area (Å²) in [5, 5.41) is 25.0. The lowest BCUT2D eigenvalue weighted by Gasteiger charge is -2.17. The molecule has 0 atom stereocenters. The number of carboxylic acids is 1. The first-order valence-electron chi connectivity index (χ1n) is 13.9. The van der Waals surface area contributed by atoms with Gasteiger partial charge in [0.25, 0.3) is 0 Å². The topological polar surface area (TPSA) is 122 Å². The third-order valence-corrected chi connectivity index (χ3v) is 7.17.